The highest BCUT2D eigenvalue weighted by Crippen LogP contribution is 2.08. The van der Waals surface area contributed by atoms with Crippen molar-refractivity contribution in [2.24, 2.45) is 5.73 Å². The van der Waals surface area contributed by atoms with Gasteiger partial charge in [0.05, 0.1) is 6.61 Å². The Morgan fingerprint density at radius 3 is 2.63 bits per heavy atom. The molecule has 1 aromatic rings. The van der Waals surface area contributed by atoms with Gasteiger partial charge in [-0.3, -0.25) is 4.79 Å². The monoisotopic (exact) mass is 286 g/mol. The van der Waals surface area contributed by atoms with E-state index >= 15 is 0 Å². The highest BCUT2D eigenvalue weighted by Gasteiger charge is 2.14. The Hall–Kier alpha value is -1.10. The Bertz CT molecular complexity index is 347. The second kappa shape index (κ2) is 10.8. The van der Waals surface area contributed by atoms with Crippen LogP contribution in [0.4, 0.5) is 0 Å². The Labute approximate surface area is 121 Å². The maximum Gasteiger partial charge on any atom is 0.241 e. The van der Waals surface area contributed by atoms with Crippen molar-refractivity contribution >= 4 is 18.3 Å². The van der Waals surface area contributed by atoms with Crippen molar-refractivity contribution in [3.63, 3.8) is 0 Å². The largest absolute Gasteiger partial charge is 0.380 e. The molecular formula is C14H23ClN2O2. The van der Waals surface area contributed by atoms with Gasteiger partial charge in [-0.1, -0.05) is 43.7 Å². The number of unbranched alkanes of at least 4 members (excludes halogenated alkanes) is 1. The molecule has 3 N–H and O–H groups in total. The van der Waals surface area contributed by atoms with E-state index in [1.54, 1.807) is 0 Å². The number of hydrogen-bond acceptors (Lipinski definition) is 3. The number of halogens is 1. The fourth-order valence-corrected chi connectivity index (χ4v) is 1.52. The van der Waals surface area contributed by atoms with E-state index in [-0.39, 0.29) is 18.3 Å². The second-order valence-electron chi connectivity index (χ2n) is 4.15. The summed E-state index contributed by atoms with van der Waals surface area (Å²) >= 11 is 0. The van der Waals surface area contributed by atoms with Crippen molar-refractivity contribution in [1.82, 2.24) is 5.32 Å². The van der Waals surface area contributed by atoms with Gasteiger partial charge in [-0.05, 0) is 12.0 Å². The number of amides is 1. The molecule has 0 aliphatic rings. The predicted molar refractivity (Wildman–Crippen MR) is 79.4 cm³/mol. The van der Waals surface area contributed by atoms with Crippen LogP contribution in [0, 0.1) is 0 Å². The first-order valence-corrected chi connectivity index (χ1v) is 6.41. The van der Waals surface area contributed by atoms with Crippen LogP contribution >= 0.6 is 12.4 Å². The molecule has 0 saturated carbocycles. The summed E-state index contributed by atoms with van der Waals surface area (Å²) in [5, 5.41) is 2.77. The van der Waals surface area contributed by atoms with Gasteiger partial charge in [-0.2, -0.15) is 0 Å². The van der Waals surface area contributed by atoms with Gasteiger partial charge >= 0.3 is 0 Å². The molecule has 1 rings (SSSR count). The number of rotatable bonds is 8. The summed E-state index contributed by atoms with van der Waals surface area (Å²) in [6.07, 6.45) is 2.17. The van der Waals surface area contributed by atoms with Gasteiger partial charge in [0.25, 0.3) is 0 Å². The molecule has 0 aliphatic heterocycles. The van der Waals surface area contributed by atoms with Crippen LogP contribution in [0.25, 0.3) is 0 Å². The summed E-state index contributed by atoms with van der Waals surface area (Å²) in [4.78, 5) is 11.7. The average Bonchev–Trinajstić information content (AvgIpc) is 2.42. The van der Waals surface area contributed by atoms with E-state index < -0.39 is 6.04 Å². The summed E-state index contributed by atoms with van der Waals surface area (Å²) < 4.78 is 5.35. The van der Waals surface area contributed by atoms with Crippen LogP contribution < -0.4 is 11.1 Å². The van der Waals surface area contributed by atoms with Crippen molar-refractivity contribution in [3.8, 4) is 0 Å². The summed E-state index contributed by atoms with van der Waals surface area (Å²) in [5.74, 6) is -0.166. The lowest BCUT2D eigenvalue weighted by Crippen LogP contribution is -2.36. The molecule has 0 aliphatic carbocycles. The normalized spacial score (nSPS) is 11.5. The van der Waals surface area contributed by atoms with E-state index in [0.717, 1.165) is 25.0 Å². The molecule has 0 fully saturated rings. The van der Waals surface area contributed by atoms with Crippen LogP contribution in [-0.2, 0) is 9.53 Å². The van der Waals surface area contributed by atoms with E-state index in [0.29, 0.717) is 13.2 Å². The van der Waals surface area contributed by atoms with Gasteiger partial charge < -0.3 is 15.8 Å². The van der Waals surface area contributed by atoms with Crippen molar-refractivity contribution in [2.75, 3.05) is 19.8 Å². The molecule has 108 valence electrons. The highest BCUT2D eigenvalue weighted by molar-refractivity contribution is 5.85. The maximum atomic E-state index is 11.7. The zero-order valence-electron chi connectivity index (χ0n) is 11.3. The third-order valence-electron chi connectivity index (χ3n) is 2.63. The molecule has 0 spiro atoms. The van der Waals surface area contributed by atoms with Crippen molar-refractivity contribution in [3.05, 3.63) is 35.9 Å². The zero-order valence-corrected chi connectivity index (χ0v) is 12.1. The number of carbonyl (C=O) groups excluding carboxylic acids is 1. The van der Waals surface area contributed by atoms with E-state index in [1.165, 1.54) is 0 Å². The molecule has 1 atom stereocenters. The molecule has 1 unspecified atom stereocenters. The molecule has 0 radical (unpaired) electrons. The third kappa shape index (κ3) is 7.15. The molecule has 5 heteroatoms. The quantitative estimate of drug-likeness (QED) is 0.719. The fraction of sp³-hybridized carbons (Fsp3) is 0.500. The molecule has 0 saturated heterocycles. The Morgan fingerprint density at radius 1 is 1.32 bits per heavy atom. The number of nitrogens with two attached hydrogens (primary N) is 1. The van der Waals surface area contributed by atoms with Crippen LogP contribution in [0.1, 0.15) is 31.4 Å². The standard InChI is InChI=1S/C14H22N2O2.ClH/c1-2-3-10-18-11-9-16-14(17)13(15)12-7-5-4-6-8-12;/h4-8,13H,2-3,9-11,15H2,1H3,(H,16,17);1H. The lowest BCUT2D eigenvalue weighted by atomic mass is 10.1. The van der Waals surface area contributed by atoms with Crippen molar-refractivity contribution < 1.29 is 9.53 Å². The van der Waals surface area contributed by atoms with Crippen LogP contribution in [-0.4, -0.2) is 25.7 Å². The van der Waals surface area contributed by atoms with E-state index in [2.05, 4.69) is 12.2 Å². The predicted octanol–water partition coefficient (Wildman–Crippen LogP) is 2.04. The van der Waals surface area contributed by atoms with Gasteiger partial charge in [-0.25, -0.2) is 0 Å². The first-order valence-electron chi connectivity index (χ1n) is 6.41. The first-order chi connectivity index (χ1) is 8.75. The number of benzene rings is 1. The smallest absolute Gasteiger partial charge is 0.241 e. The SMILES string of the molecule is CCCCOCCNC(=O)C(N)c1ccccc1.Cl. The molecular weight excluding hydrogens is 264 g/mol. The van der Waals surface area contributed by atoms with Crippen LogP contribution in [0.15, 0.2) is 30.3 Å². The lowest BCUT2D eigenvalue weighted by molar-refractivity contribution is -0.122. The van der Waals surface area contributed by atoms with Crippen LogP contribution in [0.5, 0.6) is 0 Å². The van der Waals surface area contributed by atoms with Gasteiger partial charge in [-0.15, -0.1) is 12.4 Å². The molecule has 19 heavy (non-hydrogen) atoms. The molecule has 0 bridgehead atoms. The number of hydrogen-bond donors (Lipinski definition) is 2. The van der Waals surface area contributed by atoms with Gasteiger partial charge in [0.15, 0.2) is 0 Å². The zero-order chi connectivity index (χ0) is 13.2. The minimum absolute atomic E-state index is 0. The molecule has 4 nitrogen and oxygen atoms in total. The first kappa shape index (κ1) is 17.9. The average molecular weight is 287 g/mol. The van der Waals surface area contributed by atoms with Crippen molar-refractivity contribution in [1.29, 1.82) is 0 Å². The van der Waals surface area contributed by atoms with Crippen LogP contribution in [0.2, 0.25) is 0 Å². The Kier molecular flexibility index (Phi) is 10.2. The highest BCUT2D eigenvalue weighted by atomic mass is 35.5. The second-order valence-corrected chi connectivity index (χ2v) is 4.15. The van der Waals surface area contributed by atoms with Crippen molar-refractivity contribution in [2.45, 2.75) is 25.8 Å². The fourth-order valence-electron chi connectivity index (χ4n) is 1.52. The topological polar surface area (TPSA) is 64.3 Å². The minimum Gasteiger partial charge on any atom is -0.380 e. The number of carbonyl (C=O) groups is 1. The van der Waals surface area contributed by atoms with Gasteiger partial charge in [0.1, 0.15) is 6.04 Å². The number of ether oxygens (including phenoxy) is 1. The third-order valence-corrected chi connectivity index (χ3v) is 2.63. The Balaban J connectivity index is 0.00000324. The molecule has 1 amide bonds. The maximum absolute atomic E-state index is 11.7. The summed E-state index contributed by atoms with van der Waals surface area (Å²) in [6, 6.07) is 8.73. The number of nitrogens with one attached hydrogen (secondary N) is 1. The van der Waals surface area contributed by atoms with E-state index in [4.69, 9.17) is 10.5 Å². The molecule has 0 heterocycles. The summed E-state index contributed by atoms with van der Waals surface area (Å²) in [6.45, 7) is 3.90. The van der Waals surface area contributed by atoms with Gasteiger partial charge in [0, 0.05) is 13.2 Å². The minimum atomic E-state index is -0.609. The summed E-state index contributed by atoms with van der Waals surface area (Å²) in [5.41, 5.74) is 6.67. The van der Waals surface area contributed by atoms with E-state index in [1.807, 2.05) is 30.3 Å². The molecule has 1 aromatic carbocycles. The Morgan fingerprint density at radius 2 is 2.00 bits per heavy atom. The summed E-state index contributed by atoms with van der Waals surface area (Å²) in [7, 11) is 0. The lowest BCUT2D eigenvalue weighted by Gasteiger charge is -2.12. The van der Waals surface area contributed by atoms with Gasteiger partial charge in [0.2, 0.25) is 5.91 Å². The molecule has 0 aromatic heterocycles. The van der Waals surface area contributed by atoms with Crippen LogP contribution in [0.3, 0.4) is 0 Å². The van der Waals surface area contributed by atoms with E-state index in [9.17, 15) is 4.79 Å².